The Morgan fingerprint density at radius 2 is 1.81 bits per heavy atom. The lowest BCUT2D eigenvalue weighted by molar-refractivity contribution is 0.0287. The Morgan fingerprint density at radius 1 is 1.19 bits per heavy atom. The van der Waals surface area contributed by atoms with Crippen LogP contribution in [0, 0.1) is 11.8 Å². The van der Waals surface area contributed by atoms with E-state index in [9.17, 15) is 9.90 Å². The first-order chi connectivity index (χ1) is 10.2. The molecule has 0 aliphatic carbocycles. The highest BCUT2D eigenvalue weighted by Gasteiger charge is 2.42. The summed E-state index contributed by atoms with van der Waals surface area (Å²) in [4.78, 5) is 14.6. The molecule has 2 aliphatic heterocycles. The lowest BCUT2D eigenvalue weighted by Crippen LogP contribution is -2.47. The van der Waals surface area contributed by atoms with Gasteiger partial charge in [0, 0.05) is 23.2 Å². The Balaban J connectivity index is 1.76. The fourth-order valence-corrected chi connectivity index (χ4v) is 3.47. The summed E-state index contributed by atoms with van der Waals surface area (Å²) < 4.78 is 0. The highest BCUT2D eigenvalue weighted by atomic mass is 16.3. The largest absolute Gasteiger partial charge is 0.393 e. The molecule has 2 bridgehead atoms. The van der Waals surface area contributed by atoms with Gasteiger partial charge in [-0.05, 0) is 49.9 Å². The van der Waals surface area contributed by atoms with Gasteiger partial charge in [0.1, 0.15) is 6.61 Å². The third-order valence-electron chi connectivity index (χ3n) is 4.39. The first kappa shape index (κ1) is 14.1. The summed E-state index contributed by atoms with van der Waals surface area (Å²) in [6.45, 7) is -0.167. The molecule has 2 unspecified atom stereocenters. The van der Waals surface area contributed by atoms with Gasteiger partial charge < -0.3 is 15.1 Å². The predicted octanol–water partition coefficient (Wildman–Crippen LogP) is 1.16. The minimum absolute atomic E-state index is 0.0519. The van der Waals surface area contributed by atoms with Crippen LogP contribution in [0.5, 0.6) is 0 Å². The number of nitrogens with zero attached hydrogens (tertiary/aromatic N) is 1. The van der Waals surface area contributed by atoms with Gasteiger partial charge in [-0.3, -0.25) is 4.79 Å². The third kappa shape index (κ3) is 2.80. The van der Waals surface area contributed by atoms with Gasteiger partial charge in [-0.15, -0.1) is 0 Å². The Bertz CT molecular complexity index is 570. The van der Waals surface area contributed by atoms with E-state index in [0.717, 1.165) is 18.4 Å². The average Bonchev–Trinajstić information content (AvgIpc) is 2.77. The van der Waals surface area contributed by atoms with E-state index < -0.39 is 0 Å². The lowest BCUT2D eigenvalue weighted by atomic mass is 9.98. The molecule has 4 nitrogen and oxygen atoms in total. The van der Waals surface area contributed by atoms with E-state index in [4.69, 9.17) is 5.11 Å². The first-order valence-corrected chi connectivity index (χ1v) is 7.39. The highest BCUT2D eigenvalue weighted by Crippen LogP contribution is 2.36. The minimum atomic E-state index is -0.261. The fraction of sp³-hybridized carbons (Fsp3) is 0.471. The standard InChI is InChI=1S/C17H19NO3/c19-9-1-2-12-3-5-13(6-4-12)17(21)18-14-7-8-15(18)11-16(20)10-14/h3-6,14-16,19-20H,7-11H2. The number of carbonyl (C=O) groups is 1. The van der Waals surface area contributed by atoms with Crippen LogP contribution in [0.2, 0.25) is 0 Å². The quantitative estimate of drug-likeness (QED) is 0.761. The number of benzene rings is 1. The Labute approximate surface area is 124 Å². The smallest absolute Gasteiger partial charge is 0.254 e. The monoisotopic (exact) mass is 285 g/mol. The molecular formula is C17H19NO3. The van der Waals surface area contributed by atoms with Crippen LogP contribution >= 0.6 is 0 Å². The molecule has 4 heteroatoms. The van der Waals surface area contributed by atoms with Crippen LogP contribution in [-0.2, 0) is 0 Å². The molecule has 110 valence electrons. The van der Waals surface area contributed by atoms with Crippen molar-refractivity contribution in [1.82, 2.24) is 4.90 Å². The first-order valence-electron chi connectivity index (χ1n) is 7.39. The molecule has 21 heavy (non-hydrogen) atoms. The third-order valence-corrected chi connectivity index (χ3v) is 4.39. The van der Waals surface area contributed by atoms with Crippen molar-refractivity contribution in [2.75, 3.05) is 6.61 Å². The fourth-order valence-electron chi connectivity index (χ4n) is 3.47. The zero-order valence-corrected chi connectivity index (χ0v) is 11.8. The van der Waals surface area contributed by atoms with Gasteiger partial charge in [-0.25, -0.2) is 0 Å². The van der Waals surface area contributed by atoms with Crippen molar-refractivity contribution in [3.05, 3.63) is 35.4 Å². The van der Waals surface area contributed by atoms with Crippen molar-refractivity contribution in [3.63, 3.8) is 0 Å². The second-order valence-corrected chi connectivity index (χ2v) is 5.76. The molecule has 0 radical (unpaired) electrons. The number of fused-ring (bicyclic) bond motifs is 2. The molecule has 3 rings (SSSR count). The summed E-state index contributed by atoms with van der Waals surface area (Å²) >= 11 is 0. The zero-order valence-electron chi connectivity index (χ0n) is 11.8. The Morgan fingerprint density at radius 3 is 2.38 bits per heavy atom. The number of rotatable bonds is 1. The maximum absolute atomic E-state index is 12.7. The molecule has 0 saturated carbocycles. The highest BCUT2D eigenvalue weighted by molar-refractivity contribution is 5.95. The van der Waals surface area contributed by atoms with E-state index in [1.807, 2.05) is 4.90 Å². The van der Waals surface area contributed by atoms with Gasteiger partial charge in [-0.1, -0.05) is 11.8 Å². The molecule has 2 aliphatic rings. The molecule has 1 amide bonds. The summed E-state index contributed by atoms with van der Waals surface area (Å²) in [5.74, 6) is 5.46. The normalized spacial score (nSPS) is 27.1. The maximum Gasteiger partial charge on any atom is 0.254 e. The van der Waals surface area contributed by atoms with Crippen LogP contribution < -0.4 is 0 Å². The van der Waals surface area contributed by atoms with Gasteiger partial charge in [-0.2, -0.15) is 0 Å². The van der Waals surface area contributed by atoms with E-state index in [1.54, 1.807) is 24.3 Å². The van der Waals surface area contributed by atoms with Crippen molar-refractivity contribution in [1.29, 1.82) is 0 Å². The van der Waals surface area contributed by atoms with Gasteiger partial charge in [0.25, 0.3) is 5.91 Å². The van der Waals surface area contributed by atoms with Gasteiger partial charge in [0.15, 0.2) is 0 Å². The lowest BCUT2D eigenvalue weighted by Gasteiger charge is -2.37. The second kappa shape index (κ2) is 5.88. The van der Waals surface area contributed by atoms with Crippen molar-refractivity contribution in [2.24, 2.45) is 0 Å². The van der Waals surface area contributed by atoms with Crippen LogP contribution in [0.1, 0.15) is 41.6 Å². The van der Waals surface area contributed by atoms with E-state index in [0.29, 0.717) is 18.4 Å². The molecule has 1 aromatic rings. The van der Waals surface area contributed by atoms with E-state index in [1.165, 1.54) is 0 Å². The molecule has 2 heterocycles. The van der Waals surface area contributed by atoms with Crippen LogP contribution in [-0.4, -0.2) is 45.8 Å². The number of carbonyl (C=O) groups excluding carboxylic acids is 1. The van der Waals surface area contributed by atoms with Crippen molar-refractivity contribution in [3.8, 4) is 11.8 Å². The summed E-state index contributed by atoms with van der Waals surface area (Å²) in [7, 11) is 0. The number of aliphatic hydroxyl groups is 2. The predicted molar refractivity (Wildman–Crippen MR) is 78.6 cm³/mol. The van der Waals surface area contributed by atoms with Crippen molar-refractivity contribution < 1.29 is 15.0 Å². The topological polar surface area (TPSA) is 60.8 Å². The number of amides is 1. The van der Waals surface area contributed by atoms with Gasteiger partial charge in [0.2, 0.25) is 0 Å². The van der Waals surface area contributed by atoms with Crippen LogP contribution in [0.3, 0.4) is 0 Å². The van der Waals surface area contributed by atoms with E-state index in [-0.39, 0.29) is 30.7 Å². The SMILES string of the molecule is O=C(c1ccc(C#CCO)cc1)N1C2CCC1CC(O)C2. The number of hydrogen-bond donors (Lipinski definition) is 2. The van der Waals surface area contributed by atoms with Gasteiger partial charge >= 0.3 is 0 Å². The molecule has 2 fully saturated rings. The molecule has 2 saturated heterocycles. The number of piperidine rings is 1. The van der Waals surface area contributed by atoms with E-state index >= 15 is 0 Å². The minimum Gasteiger partial charge on any atom is -0.393 e. The van der Waals surface area contributed by atoms with Crippen LogP contribution in [0.4, 0.5) is 0 Å². The van der Waals surface area contributed by atoms with Crippen LogP contribution in [0.15, 0.2) is 24.3 Å². The Hall–Kier alpha value is -1.83. The summed E-state index contributed by atoms with van der Waals surface area (Å²) in [5.41, 5.74) is 1.45. The summed E-state index contributed by atoms with van der Waals surface area (Å²) in [6.07, 6.45) is 3.12. The number of aliphatic hydroxyl groups excluding tert-OH is 2. The maximum atomic E-state index is 12.7. The van der Waals surface area contributed by atoms with Crippen LogP contribution in [0.25, 0.3) is 0 Å². The average molecular weight is 285 g/mol. The molecule has 2 N–H and O–H groups in total. The molecule has 0 spiro atoms. The molecular weight excluding hydrogens is 266 g/mol. The molecule has 1 aromatic carbocycles. The molecule has 0 aromatic heterocycles. The van der Waals surface area contributed by atoms with Gasteiger partial charge in [0.05, 0.1) is 6.10 Å². The zero-order chi connectivity index (χ0) is 14.8. The number of hydrogen-bond acceptors (Lipinski definition) is 3. The second-order valence-electron chi connectivity index (χ2n) is 5.76. The summed E-state index contributed by atoms with van der Waals surface area (Å²) in [5, 5.41) is 18.5. The van der Waals surface area contributed by atoms with Crippen molar-refractivity contribution in [2.45, 2.75) is 43.9 Å². The molecule has 2 atom stereocenters. The summed E-state index contributed by atoms with van der Waals surface area (Å²) in [6, 6.07) is 7.54. The van der Waals surface area contributed by atoms with Crippen molar-refractivity contribution >= 4 is 5.91 Å². The Kier molecular flexibility index (Phi) is 3.96. The van der Waals surface area contributed by atoms with E-state index in [2.05, 4.69) is 11.8 Å².